The lowest BCUT2D eigenvalue weighted by molar-refractivity contribution is -0.156. The van der Waals surface area contributed by atoms with Crippen molar-refractivity contribution in [3.63, 3.8) is 0 Å². The number of aryl methyl sites for hydroxylation is 1. The fourth-order valence-corrected chi connectivity index (χ4v) is 1.34. The van der Waals surface area contributed by atoms with E-state index in [1.165, 1.54) is 5.56 Å². The van der Waals surface area contributed by atoms with E-state index in [0.717, 1.165) is 18.9 Å². The Morgan fingerprint density at radius 3 is 2.56 bits per heavy atom. The SMILES string of the molecule is C=CC(=O)OCC(=O)OCCCc1ccccc1. The van der Waals surface area contributed by atoms with Crippen molar-refractivity contribution in [2.75, 3.05) is 13.2 Å². The van der Waals surface area contributed by atoms with E-state index in [9.17, 15) is 9.59 Å². The predicted octanol–water partition coefficient (Wildman–Crippen LogP) is 1.89. The zero-order valence-electron chi connectivity index (χ0n) is 10.1. The molecular weight excluding hydrogens is 232 g/mol. The molecular formula is C14H16O4. The molecule has 0 saturated carbocycles. The Morgan fingerprint density at radius 2 is 1.89 bits per heavy atom. The van der Waals surface area contributed by atoms with Crippen LogP contribution in [0.3, 0.4) is 0 Å². The second kappa shape index (κ2) is 8.06. The van der Waals surface area contributed by atoms with Gasteiger partial charge < -0.3 is 9.47 Å². The maximum Gasteiger partial charge on any atom is 0.344 e. The Labute approximate surface area is 106 Å². The van der Waals surface area contributed by atoms with Crippen molar-refractivity contribution in [1.82, 2.24) is 0 Å². The van der Waals surface area contributed by atoms with E-state index in [-0.39, 0.29) is 6.61 Å². The van der Waals surface area contributed by atoms with Gasteiger partial charge in [-0.2, -0.15) is 0 Å². The molecule has 0 aliphatic carbocycles. The minimum absolute atomic E-state index is 0.319. The molecule has 0 fully saturated rings. The molecule has 1 rings (SSSR count). The van der Waals surface area contributed by atoms with Crippen molar-refractivity contribution in [3.8, 4) is 0 Å². The van der Waals surface area contributed by atoms with Gasteiger partial charge in [-0.05, 0) is 18.4 Å². The summed E-state index contributed by atoms with van der Waals surface area (Å²) < 4.78 is 9.44. The van der Waals surface area contributed by atoms with Gasteiger partial charge in [0.1, 0.15) is 0 Å². The summed E-state index contributed by atoms with van der Waals surface area (Å²) in [7, 11) is 0. The van der Waals surface area contributed by atoms with Gasteiger partial charge >= 0.3 is 11.9 Å². The smallest absolute Gasteiger partial charge is 0.344 e. The van der Waals surface area contributed by atoms with E-state index in [1.54, 1.807) is 0 Å². The van der Waals surface area contributed by atoms with Crippen molar-refractivity contribution in [2.45, 2.75) is 12.8 Å². The first-order chi connectivity index (χ1) is 8.72. The largest absolute Gasteiger partial charge is 0.463 e. The lowest BCUT2D eigenvalue weighted by Crippen LogP contribution is -2.16. The maximum atomic E-state index is 11.1. The molecule has 0 saturated heterocycles. The van der Waals surface area contributed by atoms with Gasteiger partial charge in [0.15, 0.2) is 6.61 Å². The van der Waals surface area contributed by atoms with E-state index in [4.69, 9.17) is 4.74 Å². The van der Waals surface area contributed by atoms with E-state index in [2.05, 4.69) is 11.3 Å². The molecule has 0 bridgehead atoms. The molecule has 1 aromatic rings. The predicted molar refractivity (Wildman–Crippen MR) is 66.9 cm³/mol. The summed E-state index contributed by atoms with van der Waals surface area (Å²) in [5.74, 6) is -1.17. The molecule has 0 aliphatic rings. The van der Waals surface area contributed by atoms with Gasteiger partial charge in [-0.25, -0.2) is 9.59 Å². The highest BCUT2D eigenvalue weighted by Gasteiger charge is 2.05. The van der Waals surface area contributed by atoms with E-state index in [1.807, 2.05) is 30.3 Å². The fraction of sp³-hybridized carbons (Fsp3) is 0.286. The van der Waals surface area contributed by atoms with Crippen LogP contribution in [0.15, 0.2) is 43.0 Å². The van der Waals surface area contributed by atoms with Gasteiger partial charge in [0.25, 0.3) is 0 Å². The van der Waals surface area contributed by atoms with Gasteiger partial charge in [-0.3, -0.25) is 0 Å². The molecule has 0 atom stereocenters. The normalized spacial score (nSPS) is 9.56. The van der Waals surface area contributed by atoms with Crippen molar-refractivity contribution in [1.29, 1.82) is 0 Å². The van der Waals surface area contributed by atoms with Crippen LogP contribution in [0.5, 0.6) is 0 Å². The molecule has 0 radical (unpaired) electrons. The first-order valence-corrected chi connectivity index (χ1v) is 5.71. The Balaban J connectivity index is 2.09. The zero-order valence-corrected chi connectivity index (χ0v) is 10.1. The molecule has 4 nitrogen and oxygen atoms in total. The first-order valence-electron chi connectivity index (χ1n) is 5.71. The zero-order chi connectivity index (χ0) is 13.2. The lowest BCUT2D eigenvalue weighted by atomic mass is 10.1. The molecule has 0 aliphatic heterocycles. The molecule has 0 N–H and O–H groups in total. The first kappa shape index (κ1) is 14.0. The van der Waals surface area contributed by atoms with E-state index in [0.29, 0.717) is 6.61 Å². The second-order valence-electron chi connectivity index (χ2n) is 3.62. The van der Waals surface area contributed by atoms with Crippen LogP contribution >= 0.6 is 0 Å². The second-order valence-corrected chi connectivity index (χ2v) is 3.62. The summed E-state index contributed by atoms with van der Waals surface area (Å²) in [6.07, 6.45) is 2.59. The van der Waals surface area contributed by atoms with Crippen LogP contribution in [0.1, 0.15) is 12.0 Å². The molecule has 0 aromatic heterocycles. The van der Waals surface area contributed by atoms with Crippen LogP contribution in [0.2, 0.25) is 0 Å². The third kappa shape index (κ3) is 5.84. The van der Waals surface area contributed by atoms with Crippen LogP contribution in [0, 0.1) is 0 Å². The molecule has 0 amide bonds. The number of hydrogen-bond donors (Lipinski definition) is 0. The number of carbonyl (C=O) groups is 2. The van der Waals surface area contributed by atoms with Gasteiger partial charge in [-0.15, -0.1) is 0 Å². The highest BCUT2D eigenvalue weighted by molar-refractivity contribution is 5.83. The van der Waals surface area contributed by atoms with Crippen molar-refractivity contribution >= 4 is 11.9 Å². The van der Waals surface area contributed by atoms with E-state index < -0.39 is 11.9 Å². The Bertz CT molecular complexity index is 398. The highest BCUT2D eigenvalue weighted by Crippen LogP contribution is 2.02. The molecule has 0 spiro atoms. The topological polar surface area (TPSA) is 52.6 Å². The lowest BCUT2D eigenvalue weighted by Gasteiger charge is -2.05. The van der Waals surface area contributed by atoms with Crippen molar-refractivity contribution < 1.29 is 19.1 Å². The third-order valence-electron chi connectivity index (χ3n) is 2.21. The Hall–Kier alpha value is -2.10. The average molecular weight is 248 g/mol. The Kier molecular flexibility index (Phi) is 6.25. The van der Waals surface area contributed by atoms with Crippen LogP contribution in [-0.2, 0) is 25.5 Å². The third-order valence-corrected chi connectivity index (χ3v) is 2.21. The fourth-order valence-electron chi connectivity index (χ4n) is 1.34. The minimum atomic E-state index is -0.628. The number of hydrogen-bond acceptors (Lipinski definition) is 4. The summed E-state index contributed by atoms with van der Waals surface area (Å²) >= 11 is 0. The molecule has 0 heterocycles. The molecule has 18 heavy (non-hydrogen) atoms. The molecule has 96 valence electrons. The number of esters is 2. The maximum absolute atomic E-state index is 11.1. The number of rotatable bonds is 7. The standard InChI is InChI=1S/C14H16O4/c1-2-13(15)18-11-14(16)17-10-6-9-12-7-4-3-5-8-12/h2-5,7-8H,1,6,9-11H2. The van der Waals surface area contributed by atoms with Crippen molar-refractivity contribution in [3.05, 3.63) is 48.6 Å². The summed E-state index contributed by atoms with van der Waals surface area (Å²) in [5, 5.41) is 0. The highest BCUT2D eigenvalue weighted by atomic mass is 16.6. The number of benzene rings is 1. The average Bonchev–Trinajstić information content (AvgIpc) is 2.42. The summed E-state index contributed by atoms with van der Waals surface area (Å²) in [6.45, 7) is 3.17. The van der Waals surface area contributed by atoms with Crippen LogP contribution in [0.4, 0.5) is 0 Å². The number of carbonyl (C=O) groups excluding carboxylic acids is 2. The summed E-state index contributed by atoms with van der Waals surface area (Å²) in [5.41, 5.74) is 1.20. The molecule has 1 aromatic carbocycles. The Morgan fingerprint density at radius 1 is 1.17 bits per heavy atom. The van der Waals surface area contributed by atoms with Gasteiger partial charge in [0.2, 0.25) is 0 Å². The van der Waals surface area contributed by atoms with Crippen LogP contribution < -0.4 is 0 Å². The molecule has 0 unspecified atom stereocenters. The monoisotopic (exact) mass is 248 g/mol. The van der Waals surface area contributed by atoms with Gasteiger partial charge in [-0.1, -0.05) is 36.9 Å². The van der Waals surface area contributed by atoms with Crippen LogP contribution in [-0.4, -0.2) is 25.2 Å². The minimum Gasteiger partial charge on any atom is -0.463 e. The van der Waals surface area contributed by atoms with Crippen LogP contribution in [0.25, 0.3) is 0 Å². The number of ether oxygens (including phenoxy) is 2. The van der Waals surface area contributed by atoms with Gasteiger partial charge in [0, 0.05) is 6.08 Å². The van der Waals surface area contributed by atoms with E-state index >= 15 is 0 Å². The summed E-state index contributed by atoms with van der Waals surface area (Å²) in [6, 6.07) is 9.94. The summed E-state index contributed by atoms with van der Waals surface area (Å²) in [4.78, 5) is 21.8. The van der Waals surface area contributed by atoms with Gasteiger partial charge in [0.05, 0.1) is 6.61 Å². The molecule has 4 heteroatoms. The quantitative estimate of drug-likeness (QED) is 0.420. The van der Waals surface area contributed by atoms with Crippen molar-refractivity contribution in [2.24, 2.45) is 0 Å².